The number of aliphatic hydroxyl groups is 2. The Morgan fingerprint density at radius 3 is 1.92 bits per heavy atom. The lowest BCUT2D eigenvalue weighted by Crippen LogP contribution is -2.45. The second-order valence-electron chi connectivity index (χ2n) is 15.2. The number of nitrogens with zero attached hydrogens (tertiary/aromatic N) is 1. The number of aliphatic hydroxyl groups excluding tert-OH is 2. The van der Waals surface area contributed by atoms with Gasteiger partial charge in [0.2, 0.25) is 5.91 Å². The molecule has 1 unspecified atom stereocenters. The van der Waals surface area contributed by atoms with Gasteiger partial charge < -0.3 is 24.9 Å². The molecule has 9 nitrogen and oxygen atoms in total. The number of nitrogens with one attached hydrogen (secondary N) is 1. The van der Waals surface area contributed by atoms with Crippen molar-refractivity contribution in [2.45, 2.75) is 167 Å². The number of carbonyl (C=O) groups excluding carboxylic acids is 1. The molecule has 0 aromatic heterocycles. The molecule has 0 rings (SSSR count). The number of hydrogen-bond donors (Lipinski definition) is 4. The van der Waals surface area contributed by atoms with E-state index in [1.165, 1.54) is 77.0 Å². The van der Waals surface area contributed by atoms with Gasteiger partial charge in [-0.2, -0.15) is 0 Å². The second kappa shape index (κ2) is 34.6. The molecule has 0 aliphatic rings. The number of rotatable bonds is 36. The Morgan fingerprint density at radius 1 is 0.698 bits per heavy atom. The smallest absolute Gasteiger partial charge is 0.389 e. The lowest BCUT2D eigenvalue weighted by Gasteiger charge is -2.25. The van der Waals surface area contributed by atoms with E-state index >= 15 is 0 Å². The summed E-state index contributed by atoms with van der Waals surface area (Å²) in [6.07, 6.45) is 40.3. The Hall–Kier alpha value is -1.84. The molecule has 0 aliphatic carbocycles. The summed E-state index contributed by atoms with van der Waals surface area (Å²) in [7, 11) is 1.49. The first kappa shape index (κ1) is 51.2. The van der Waals surface area contributed by atoms with Crippen LogP contribution in [0.15, 0.2) is 60.8 Å². The highest BCUT2D eigenvalue weighted by Gasteiger charge is 2.27. The number of phosphoric ester groups is 1. The summed E-state index contributed by atoms with van der Waals surface area (Å²) >= 11 is 0. The molecule has 0 aromatic carbocycles. The van der Waals surface area contributed by atoms with Gasteiger partial charge in [0.1, 0.15) is 13.2 Å². The van der Waals surface area contributed by atoms with Gasteiger partial charge in [-0.05, 0) is 51.4 Å². The molecule has 0 aliphatic heterocycles. The summed E-state index contributed by atoms with van der Waals surface area (Å²) in [5.41, 5.74) is 0. The molecule has 1 amide bonds. The lowest BCUT2D eigenvalue weighted by molar-refractivity contribution is -0.870. The zero-order valence-corrected chi connectivity index (χ0v) is 35.2. The molecule has 308 valence electrons. The van der Waals surface area contributed by atoms with Crippen LogP contribution in [0.2, 0.25) is 0 Å². The summed E-state index contributed by atoms with van der Waals surface area (Å²) in [6.45, 7) is 4.63. The molecule has 4 N–H and O–H groups in total. The highest BCUT2D eigenvalue weighted by atomic mass is 31.2. The van der Waals surface area contributed by atoms with Gasteiger partial charge >= 0.3 is 7.82 Å². The third-order valence-corrected chi connectivity index (χ3v) is 9.80. The number of unbranched alkanes of at least 4 members (excludes halogenated alkanes) is 15. The van der Waals surface area contributed by atoms with Crippen molar-refractivity contribution in [2.75, 3.05) is 40.9 Å². The molecule has 0 fully saturated rings. The van der Waals surface area contributed by atoms with Crippen molar-refractivity contribution in [2.24, 2.45) is 0 Å². The maximum absolute atomic E-state index is 12.8. The van der Waals surface area contributed by atoms with Crippen LogP contribution >= 0.6 is 7.82 Å². The van der Waals surface area contributed by atoms with Crippen molar-refractivity contribution >= 4 is 13.7 Å². The Kier molecular flexibility index (Phi) is 33.4. The van der Waals surface area contributed by atoms with E-state index in [-0.39, 0.29) is 25.5 Å². The van der Waals surface area contributed by atoms with Crippen LogP contribution in [0.25, 0.3) is 0 Å². The first-order chi connectivity index (χ1) is 25.4. The van der Waals surface area contributed by atoms with Gasteiger partial charge in [-0.25, -0.2) is 4.57 Å². The Bertz CT molecular complexity index is 1070. The zero-order valence-electron chi connectivity index (χ0n) is 34.3. The Morgan fingerprint density at radius 2 is 1.26 bits per heavy atom. The molecule has 0 heterocycles. The number of quaternary nitrogens is 1. The van der Waals surface area contributed by atoms with Crippen molar-refractivity contribution in [3.8, 4) is 0 Å². The molecule has 0 saturated carbocycles. The third kappa shape index (κ3) is 36.9. The number of carbonyl (C=O) groups is 1. The Labute approximate surface area is 324 Å². The zero-order chi connectivity index (χ0) is 39.5. The molecule has 0 aromatic rings. The average Bonchev–Trinajstić information content (AvgIpc) is 3.10. The van der Waals surface area contributed by atoms with Gasteiger partial charge in [-0.3, -0.25) is 13.8 Å². The van der Waals surface area contributed by atoms with E-state index < -0.39 is 26.1 Å². The van der Waals surface area contributed by atoms with Gasteiger partial charge in [-0.15, -0.1) is 0 Å². The number of amides is 1. The summed E-state index contributed by atoms with van der Waals surface area (Å²) in [6, 6.07) is -0.896. The van der Waals surface area contributed by atoms with E-state index in [2.05, 4.69) is 25.2 Å². The SMILES string of the molecule is CCCCC/C=C\C[C@H](O)/C=C/C=C\C/C=C\CCCC(=O)N[C@@H](COP(=O)(O)OCC[N+](C)(C)C)[C@H](O)/C=C/CCCCCCCCCCCCC. The maximum Gasteiger partial charge on any atom is 0.472 e. The van der Waals surface area contributed by atoms with Crippen LogP contribution in [0.5, 0.6) is 0 Å². The predicted octanol–water partition coefficient (Wildman–Crippen LogP) is 10.0. The monoisotopic (exact) mass is 768 g/mol. The Balaban J connectivity index is 4.67. The van der Waals surface area contributed by atoms with Crippen LogP contribution in [0.4, 0.5) is 0 Å². The fraction of sp³-hybridized carbons (Fsp3) is 0.744. The molecule has 0 saturated heterocycles. The molecular formula is C43H80N2O7P+. The maximum atomic E-state index is 12.8. The van der Waals surface area contributed by atoms with Crippen molar-refractivity contribution in [1.29, 1.82) is 0 Å². The van der Waals surface area contributed by atoms with Crippen LogP contribution in [0.3, 0.4) is 0 Å². The van der Waals surface area contributed by atoms with Crippen LogP contribution < -0.4 is 5.32 Å². The molecule has 53 heavy (non-hydrogen) atoms. The normalized spacial score (nSPS) is 15.7. The second-order valence-corrected chi connectivity index (χ2v) is 16.7. The largest absolute Gasteiger partial charge is 0.472 e. The summed E-state index contributed by atoms with van der Waals surface area (Å²) < 4.78 is 23.4. The predicted molar refractivity (Wildman–Crippen MR) is 223 cm³/mol. The standard InChI is InChI=1S/C43H79N2O7P/c1-6-8-10-12-14-15-16-17-18-19-23-27-31-35-42(47)41(39-52-53(49,50)51-38-37-45(3,4)5)44-43(48)36-32-28-24-21-20-22-26-30-34-40(46)33-29-25-13-11-9-7-2/h21-22,24-26,29-31,34-35,40-42,46-47H,6-20,23,27-28,32-33,36-39H2,1-5H3,(H-,44,48,49,50)/p+1/b24-21-,26-22-,29-25-,34-30+,35-31+/t40-,41-,42+/m0/s1. The number of phosphoric acid groups is 1. The quantitative estimate of drug-likeness (QED) is 0.0164. The highest BCUT2D eigenvalue weighted by Crippen LogP contribution is 2.43. The van der Waals surface area contributed by atoms with E-state index in [1.54, 1.807) is 12.2 Å². The van der Waals surface area contributed by atoms with E-state index in [0.29, 0.717) is 23.9 Å². The number of hydrogen-bond acceptors (Lipinski definition) is 6. The van der Waals surface area contributed by atoms with Crippen molar-refractivity contribution in [3.63, 3.8) is 0 Å². The fourth-order valence-corrected chi connectivity index (χ4v) is 6.15. The van der Waals surface area contributed by atoms with Crippen molar-refractivity contribution < 1.29 is 38.0 Å². The summed E-state index contributed by atoms with van der Waals surface area (Å²) in [5, 5.41) is 23.8. The van der Waals surface area contributed by atoms with E-state index in [1.807, 2.05) is 63.7 Å². The molecule has 0 spiro atoms. The third-order valence-electron chi connectivity index (χ3n) is 8.81. The van der Waals surface area contributed by atoms with E-state index in [9.17, 15) is 24.5 Å². The van der Waals surface area contributed by atoms with Gasteiger partial charge in [0, 0.05) is 6.42 Å². The minimum atomic E-state index is -4.36. The van der Waals surface area contributed by atoms with Gasteiger partial charge in [-0.1, -0.05) is 152 Å². The fourth-order valence-electron chi connectivity index (χ4n) is 5.41. The van der Waals surface area contributed by atoms with Crippen molar-refractivity contribution in [1.82, 2.24) is 5.32 Å². The lowest BCUT2D eigenvalue weighted by atomic mass is 10.0. The molecule has 0 bridgehead atoms. The van der Waals surface area contributed by atoms with Crippen molar-refractivity contribution in [3.05, 3.63) is 60.8 Å². The minimum absolute atomic E-state index is 0.0377. The van der Waals surface area contributed by atoms with E-state index in [0.717, 1.165) is 38.5 Å². The topological polar surface area (TPSA) is 125 Å². The first-order valence-corrected chi connectivity index (χ1v) is 22.3. The van der Waals surface area contributed by atoms with Crippen LogP contribution in [0, 0.1) is 0 Å². The van der Waals surface area contributed by atoms with E-state index in [4.69, 9.17) is 9.05 Å². The van der Waals surface area contributed by atoms with Gasteiger partial charge in [0.05, 0.1) is 46.0 Å². The molecule has 0 radical (unpaired) electrons. The number of allylic oxidation sites excluding steroid dienone is 7. The van der Waals surface area contributed by atoms with Gasteiger partial charge in [0.15, 0.2) is 0 Å². The average molecular weight is 768 g/mol. The molecule has 4 atom stereocenters. The van der Waals surface area contributed by atoms with Crippen LogP contribution in [-0.2, 0) is 18.4 Å². The van der Waals surface area contributed by atoms with Gasteiger partial charge in [0.25, 0.3) is 0 Å². The molecule has 10 heteroatoms. The highest BCUT2D eigenvalue weighted by molar-refractivity contribution is 7.47. The van der Waals surface area contributed by atoms with Crippen LogP contribution in [-0.4, -0.2) is 84.6 Å². The van der Waals surface area contributed by atoms with Crippen LogP contribution in [0.1, 0.15) is 149 Å². The molecular weight excluding hydrogens is 687 g/mol. The number of likely N-dealkylation sites (N-methyl/N-ethyl adjacent to an activating group) is 1. The first-order valence-electron chi connectivity index (χ1n) is 20.8. The summed E-state index contributed by atoms with van der Waals surface area (Å²) in [5.74, 6) is -0.261. The minimum Gasteiger partial charge on any atom is -0.389 e. The summed E-state index contributed by atoms with van der Waals surface area (Å²) in [4.78, 5) is 23.0.